The van der Waals surface area contributed by atoms with Crippen molar-refractivity contribution in [3.8, 4) is 0 Å². The molecule has 2 aliphatic heterocycles. The Morgan fingerprint density at radius 1 is 1.25 bits per heavy atom. The summed E-state index contributed by atoms with van der Waals surface area (Å²) in [5, 5.41) is 0. The van der Waals surface area contributed by atoms with E-state index in [-0.39, 0.29) is 23.7 Å². The van der Waals surface area contributed by atoms with E-state index < -0.39 is 11.8 Å². The molecule has 0 aliphatic carbocycles. The molecule has 3 amide bonds. The van der Waals surface area contributed by atoms with Gasteiger partial charge in [-0.25, -0.2) is 0 Å². The third-order valence-electron chi connectivity index (χ3n) is 3.39. The molecule has 0 N–H and O–H groups in total. The molecule has 0 saturated carbocycles. The summed E-state index contributed by atoms with van der Waals surface area (Å²) in [5.74, 6) is -1.21. The summed E-state index contributed by atoms with van der Waals surface area (Å²) in [6.45, 7) is 1.69. The van der Waals surface area contributed by atoms with Gasteiger partial charge in [0.1, 0.15) is 12.2 Å². The maximum absolute atomic E-state index is 12.1. The first kappa shape index (κ1) is 12.7. The molecular weight excluding hydrogens is 262 g/mol. The zero-order valence-electron chi connectivity index (χ0n) is 10.7. The molecule has 0 radical (unpaired) electrons. The minimum absolute atomic E-state index is 0.118. The number of amides is 3. The molecule has 7 nitrogen and oxygen atoms in total. The van der Waals surface area contributed by atoms with Crippen LogP contribution in [0, 0.1) is 0 Å². The van der Waals surface area contributed by atoms with Crippen LogP contribution >= 0.6 is 0 Å². The molecule has 1 aromatic rings. The lowest BCUT2D eigenvalue weighted by Gasteiger charge is -2.28. The van der Waals surface area contributed by atoms with Gasteiger partial charge < -0.3 is 9.64 Å². The quantitative estimate of drug-likeness (QED) is 0.682. The summed E-state index contributed by atoms with van der Waals surface area (Å²) < 4.78 is 5.16. The van der Waals surface area contributed by atoms with E-state index in [0.29, 0.717) is 26.3 Å². The molecule has 104 valence electrons. The number of hydrogen-bond donors (Lipinski definition) is 0. The Morgan fingerprint density at radius 2 is 2.00 bits per heavy atom. The number of carbonyl (C=O) groups is 3. The number of ether oxygens (including phenoxy) is 1. The van der Waals surface area contributed by atoms with Gasteiger partial charge in [-0.15, -0.1) is 0 Å². The zero-order valence-corrected chi connectivity index (χ0v) is 10.7. The number of carbonyl (C=O) groups excluding carboxylic acids is 3. The fraction of sp³-hybridized carbons (Fsp3) is 0.385. The summed E-state index contributed by atoms with van der Waals surface area (Å²) in [5.41, 5.74) is 0.375. The molecule has 3 rings (SSSR count). The van der Waals surface area contributed by atoms with E-state index >= 15 is 0 Å². The number of morpholine rings is 1. The molecule has 1 aromatic heterocycles. The smallest absolute Gasteiger partial charge is 0.280 e. The van der Waals surface area contributed by atoms with Crippen molar-refractivity contribution in [3.63, 3.8) is 0 Å². The van der Waals surface area contributed by atoms with E-state index in [1.165, 1.54) is 6.20 Å². The van der Waals surface area contributed by atoms with Crippen molar-refractivity contribution in [2.75, 3.05) is 32.8 Å². The predicted molar refractivity (Wildman–Crippen MR) is 67.0 cm³/mol. The van der Waals surface area contributed by atoms with Crippen LogP contribution in [0.15, 0.2) is 18.3 Å². The number of hydrogen-bond acceptors (Lipinski definition) is 5. The van der Waals surface area contributed by atoms with Crippen LogP contribution < -0.4 is 0 Å². The van der Waals surface area contributed by atoms with Gasteiger partial charge in [0.2, 0.25) is 5.91 Å². The van der Waals surface area contributed by atoms with E-state index in [0.717, 1.165) is 4.90 Å². The second-order valence-electron chi connectivity index (χ2n) is 4.59. The Balaban J connectivity index is 1.74. The average Bonchev–Trinajstić information content (AvgIpc) is 2.74. The minimum atomic E-state index is -0.507. The van der Waals surface area contributed by atoms with E-state index in [2.05, 4.69) is 4.98 Å². The highest BCUT2D eigenvalue weighted by molar-refractivity contribution is 6.21. The molecule has 1 fully saturated rings. The van der Waals surface area contributed by atoms with Gasteiger partial charge in [0.25, 0.3) is 11.8 Å². The summed E-state index contributed by atoms with van der Waals surface area (Å²) in [4.78, 5) is 42.7. The van der Waals surface area contributed by atoms with Crippen LogP contribution in [-0.4, -0.2) is 65.4 Å². The van der Waals surface area contributed by atoms with Crippen molar-refractivity contribution in [1.29, 1.82) is 0 Å². The van der Waals surface area contributed by atoms with Crippen molar-refractivity contribution in [2.24, 2.45) is 0 Å². The van der Waals surface area contributed by atoms with Crippen LogP contribution in [0.3, 0.4) is 0 Å². The summed E-state index contributed by atoms with van der Waals surface area (Å²) in [7, 11) is 0. The van der Waals surface area contributed by atoms with Crippen LogP contribution in [0.25, 0.3) is 0 Å². The van der Waals surface area contributed by atoms with Crippen LogP contribution in [0.5, 0.6) is 0 Å². The zero-order chi connectivity index (χ0) is 14.1. The number of fused-ring (bicyclic) bond motifs is 1. The van der Waals surface area contributed by atoms with Crippen molar-refractivity contribution < 1.29 is 19.1 Å². The summed E-state index contributed by atoms with van der Waals surface area (Å²) in [6.07, 6.45) is 1.46. The van der Waals surface area contributed by atoms with E-state index in [1.807, 2.05) is 0 Å². The van der Waals surface area contributed by atoms with Gasteiger partial charge in [0, 0.05) is 19.3 Å². The normalized spacial score (nSPS) is 18.4. The van der Waals surface area contributed by atoms with Gasteiger partial charge in [0.05, 0.1) is 18.8 Å². The Morgan fingerprint density at radius 3 is 2.70 bits per heavy atom. The monoisotopic (exact) mass is 275 g/mol. The molecule has 1 saturated heterocycles. The average molecular weight is 275 g/mol. The standard InChI is InChI=1S/C13H13N3O4/c17-10(15-4-6-20-7-5-15)8-16-12(18)9-2-1-3-14-11(9)13(16)19/h1-3H,4-8H2. The second kappa shape index (κ2) is 5.01. The van der Waals surface area contributed by atoms with Gasteiger partial charge in [-0.05, 0) is 12.1 Å². The summed E-state index contributed by atoms with van der Waals surface area (Å²) >= 11 is 0. The maximum atomic E-state index is 12.1. The third kappa shape index (κ3) is 2.05. The number of nitrogens with zero attached hydrogens (tertiary/aromatic N) is 3. The van der Waals surface area contributed by atoms with Crippen molar-refractivity contribution in [1.82, 2.24) is 14.8 Å². The van der Waals surface area contributed by atoms with Crippen LogP contribution in [-0.2, 0) is 9.53 Å². The van der Waals surface area contributed by atoms with Crippen LogP contribution in [0.2, 0.25) is 0 Å². The fourth-order valence-electron chi connectivity index (χ4n) is 2.31. The first-order valence-electron chi connectivity index (χ1n) is 6.35. The SMILES string of the molecule is O=C(CN1C(=O)c2cccnc2C1=O)N1CCOCC1. The number of rotatable bonds is 2. The lowest BCUT2D eigenvalue weighted by Crippen LogP contribution is -2.47. The van der Waals surface area contributed by atoms with Crippen molar-refractivity contribution >= 4 is 17.7 Å². The largest absolute Gasteiger partial charge is 0.378 e. The predicted octanol–water partition coefficient (Wildman–Crippen LogP) is -0.464. The highest BCUT2D eigenvalue weighted by Gasteiger charge is 2.38. The highest BCUT2D eigenvalue weighted by Crippen LogP contribution is 2.20. The van der Waals surface area contributed by atoms with E-state index in [4.69, 9.17) is 4.74 Å². The Labute approximate surface area is 115 Å². The Bertz CT molecular complexity index is 546. The second-order valence-corrected chi connectivity index (χ2v) is 4.59. The lowest BCUT2D eigenvalue weighted by molar-refractivity contribution is -0.135. The van der Waals surface area contributed by atoms with Gasteiger partial charge in [0.15, 0.2) is 0 Å². The third-order valence-corrected chi connectivity index (χ3v) is 3.39. The van der Waals surface area contributed by atoms with Gasteiger partial charge in [-0.1, -0.05) is 0 Å². The summed E-state index contributed by atoms with van der Waals surface area (Å²) in [6, 6.07) is 3.14. The lowest BCUT2D eigenvalue weighted by atomic mass is 10.2. The molecule has 0 unspecified atom stereocenters. The number of aromatic nitrogens is 1. The fourth-order valence-corrected chi connectivity index (χ4v) is 2.31. The highest BCUT2D eigenvalue weighted by atomic mass is 16.5. The van der Waals surface area contributed by atoms with Crippen LogP contribution in [0.1, 0.15) is 20.8 Å². The molecule has 0 spiro atoms. The van der Waals surface area contributed by atoms with Gasteiger partial charge >= 0.3 is 0 Å². The van der Waals surface area contributed by atoms with Crippen LogP contribution in [0.4, 0.5) is 0 Å². The first-order valence-corrected chi connectivity index (χ1v) is 6.35. The topological polar surface area (TPSA) is 79.8 Å². The van der Waals surface area contributed by atoms with E-state index in [1.54, 1.807) is 17.0 Å². The number of pyridine rings is 1. The molecule has 0 aromatic carbocycles. The molecule has 2 aliphatic rings. The Kier molecular flexibility index (Phi) is 3.19. The van der Waals surface area contributed by atoms with Gasteiger partial charge in [-0.2, -0.15) is 0 Å². The number of imide groups is 1. The maximum Gasteiger partial charge on any atom is 0.280 e. The molecular formula is C13H13N3O4. The molecule has 0 bridgehead atoms. The molecule has 3 heterocycles. The molecule has 7 heteroatoms. The van der Waals surface area contributed by atoms with Gasteiger partial charge in [-0.3, -0.25) is 24.3 Å². The van der Waals surface area contributed by atoms with Crippen molar-refractivity contribution in [2.45, 2.75) is 0 Å². The molecule has 0 atom stereocenters. The minimum Gasteiger partial charge on any atom is -0.378 e. The van der Waals surface area contributed by atoms with Crippen molar-refractivity contribution in [3.05, 3.63) is 29.6 Å². The first-order chi connectivity index (χ1) is 9.68. The Hall–Kier alpha value is -2.28. The van der Waals surface area contributed by atoms with E-state index in [9.17, 15) is 14.4 Å². The molecule has 20 heavy (non-hydrogen) atoms.